The average Bonchev–Trinajstić information content (AvgIpc) is 2.39. The van der Waals surface area contributed by atoms with Gasteiger partial charge in [-0.15, -0.1) is 0 Å². The van der Waals surface area contributed by atoms with Crippen molar-refractivity contribution in [2.45, 2.75) is 0 Å². The van der Waals surface area contributed by atoms with Crippen LogP contribution < -0.4 is 0 Å². The summed E-state index contributed by atoms with van der Waals surface area (Å²) in [6.07, 6.45) is 0. The van der Waals surface area contributed by atoms with E-state index in [-0.39, 0.29) is 5.82 Å². The summed E-state index contributed by atoms with van der Waals surface area (Å²) in [6.45, 7) is 0. The molecule has 2 aromatic carbocycles. The van der Waals surface area contributed by atoms with Gasteiger partial charge in [0.05, 0.1) is 11.2 Å². The molecule has 3 rings (SSSR count). The lowest BCUT2D eigenvalue weighted by Crippen LogP contribution is -1.87. The van der Waals surface area contributed by atoms with Gasteiger partial charge in [-0.3, -0.25) is 0 Å². The molecule has 0 amide bonds. The van der Waals surface area contributed by atoms with E-state index in [0.717, 1.165) is 26.6 Å². The van der Waals surface area contributed by atoms with Gasteiger partial charge in [0.2, 0.25) is 0 Å². The maximum atomic E-state index is 12.9. The fraction of sp³-hybridized carbons (Fsp3) is 0. The number of para-hydroxylation sites is 1. The minimum absolute atomic E-state index is 0.240. The van der Waals surface area contributed by atoms with E-state index in [1.807, 2.05) is 30.3 Å². The monoisotopic (exact) mass is 301 g/mol. The Labute approximate surface area is 112 Å². The van der Waals surface area contributed by atoms with Crippen LogP contribution in [0.15, 0.2) is 59.1 Å². The van der Waals surface area contributed by atoms with Gasteiger partial charge < -0.3 is 0 Å². The van der Waals surface area contributed by atoms with Gasteiger partial charge in [-0.2, -0.15) is 0 Å². The Morgan fingerprint density at radius 1 is 0.944 bits per heavy atom. The molecule has 88 valence electrons. The van der Waals surface area contributed by atoms with E-state index < -0.39 is 0 Å². The molecule has 0 spiro atoms. The third-order valence-corrected chi connectivity index (χ3v) is 3.40. The maximum Gasteiger partial charge on any atom is 0.123 e. The Bertz CT molecular complexity index is 707. The number of fused-ring (bicyclic) bond motifs is 1. The van der Waals surface area contributed by atoms with Crippen molar-refractivity contribution >= 4 is 26.8 Å². The van der Waals surface area contributed by atoms with Crippen LogP contribution in [0.3, 0.4) is 0 Å². The summed E-state index contributed by atoms with van der Waals surface area (Å²) >= 11 is 3.52. The van der Waals surface area contributed by atoms with Crippen molar-refractivity contribution < 1.29 is 4.39 Å². The van der Waals surface area contributed by atoms with E-state index in [1.54, 1.807) is 12.1 Å². The van der Waals surface area contributed by atoms with Crippen molar-refractivity contribution in [2.24, 2.45) is 0 Å². The van der Waals surface area contributed by atoms with Crippen LogP contribution in [0.1, 0.15) is 0 Å². The molecule has 0 saturated heterocycles. The van der Waals surface area contributed by atoms with E-state index in [9.17, 15) is 4.39 Å². The molecule has 18 heavy (non-hydrogen) atoms. The van der Waals surface area contributed by atoms with E-state index >= 15 is 0 Å². The van der Waals surface area contributed by atoms with Crippen LogP contribution in [-0.4, -0.2) is 4.98 Å². The molecule has 0 aliphatic rings. The second kappa shape index (κ2) is 4.50. The van der Waals surface area contributed by atoms with Crippen molar-refractivity contribution in [3.05, 3.63) is 64.9 Å². The topological polar surface area (TPSA) is 12.9 Å². The van der Waals surface area contributed by atoms with Gasteiger partial charge in [-0.25, -0.2) is 9.37 Å². The first-order valence-corrected chi connectivity index (χ1v) is 6.34. The molecule has 0 N–H and O–H groups in total. The molecular formula is C15H9BrFN. The Balaban J connectivity index is 2.22. The summed E-state index contributed by atoms with van der Waals surface area (Å²) in [4.78, 5) is 4.61. The van der Waals surface area contributed by atoms with Crippen LogP contribution in [0.4, 0.5) is 4.39 Å². The average molecular weight is 302 g/mol. The number of rotatable bonds is 1. The van der Waals surface area contributed by atoms with Gasteiger partial charge in [0.15, 0.2) is 0 Å². The Kier molecular flexibility index (Phi) is 2.84. The molecule has 0 bridgehead atoms. The summed E-state index contributed by atoms with van der Waals surface area (Å²) in [6, 6.07) is 16.3. The summed E-state index contributed by atoms with van der Waals surface area (Å²) < 4.78 is 13.8. The minimum Gasteiger partial charge on any atom is -0.247 e. The van der Waals surface area contributed by atoms with Gasteiger partial charge in [-0.1, -0.05) is 18.2 Å². The number of hydrogen-bond acceptors (Lipinski definition) is 1. The molecule has 0 radical (unpaired) electrons. The lowest BCUT2D eigenvalue weighted by molar-refractivity contribution is 0.628. The van der Waals surface area contributed by atoms with E-state index in [2.05, 4.69) is 20.9 Å². The number of halogens is 2. The third-order valence-electron chi connectivity index (χ3n) is 2.80. The van der Waals surface area contributed by atoms with E-state index in [4.69, 9.17) is 0 Å². The molecule has 0 aliphatic carbocycles. The van der Waals surface area contributed by atoms with E-state index in [1.165, 1.54) is 12.1 Å². The maximum absolute atomic E-state index is 12.9. The van der Waals surface area contributed by atoms with E-state index in [0.29, 0.717) is 0 Å². The standard InChI is InChI=1S/C15H9BrFN/c16-13-9-11-3-1-2-4-14(11)18-15(13)10-5-7-12(17)8-6-10/h1-9H. The number of aromatic nitrogens is 1. The van der Waals surface area contributed by atoms with Gasteiger partial charge in [0.25, 0.3) is 0 Å². The predicted molar refractivity (Wildman–Crippen MR) is 74.8 cm³/mol. The summed E-state index contributed by atoms with van der Waals surface area (Å²) in [5.74, 6) is -0.240. The molecule has 1 nitrogen and oxygen atoms in total. The van der Waals surface area contributed by atoms with Crippen LogP contribution in [0.25, 0.3) is 22.2 Å². The zero-order chi connectivity index (χ0) is 12.5. The zero-order valence-electron chi connectivity index (χ0n) is 9.40. The first-order chi connectivity index (χ1) is 8.74. The fourth-order valence-corrected chi connectivity index (χ4v) is 2.46. The van der Waals surface area contributed by atoms with Crippen LogP contribution in [0, 0.1) is 5.82 Å². The number of hydrogen-bond donors (Lipinski definition) is 0. The van der Waals surface area contributed by atoms with Gasteiger partial charge in [-0.05, 0) is 52.3 Å². The highest BCUT2D eigenvalue weighted by Crippen LogP contribution is 2.29. The van der Waals surface area contributed by atoms with Gasteiger partial charge in [0, 0.05) is 15.4 Å². The molecular weight excluding hydrogens is 293 g/mol. The van der Waals surface area contributed by atoms with Gasteiger partial charge >= 0.3 is 0 Å². The molecule has 0 saturated carbocycles. The second-order valence-corrected chi connectivity index (χ2v) is 4.87. The van der Waals surface area contributed by atoms with Crippen molar-refractivity contribution in [2.75, 3.05) is 0 Å². The van der Waals surface area contributed by atoms with Crippen LogP contribution in [0.5, 0.6) is 0 Å². The largest absolute Gasteiger partial charge is 0.247 e. The quantitative estimate of drug-likeness (QED) is 0.629. The number of pyridine rings is 1. The van der Waals surface area contributed by atoms with Crippen molar-refractivity contribution in [3.8, 4) is 11.3 Å². The minimum atomic E-state index is -0.240. The molecule has 3 heteroatoms. The summed E-state index contributed by atoms with van der Waals surface area (Å²) in [5, 5.41) is 1.08. The fourth-order valence-electron chi connectivity index (χ4n) is 1.90. The van der Waals surface area contributed by atoms with Crippen LogP contribution in [0.2, 0.25) is 0 Å². The first-order valence-electron chi connectivity index (χ1n) is 5.55. The van der Waals surface area contributed by atoms with Crippen LogP contribution in [-0.2, 0) is 0 Å². The lowest BCUT2D eigenvalue weighted by Gasteiger charge is -2.06. The smallest absolute Gasteiger partial charge is 0.123 e. The Morgan fingerprint density at radius 2 is 1.67 bits per heavy atom. The Hall–Kier alpha value is -1.74. The highest BCUT2D eigenvalue weighted by Gasteiger charge is 2.07. The highest BCUT2D eigenvalue weighted by atomic mass is 79.9. The lowest BCUT2D eigenvalue weighted by atomic mass is 10.1. The summed E-state index contributed by atoms with van der Waals surface area (Å²) in [5.41, 5.74) is 2.66. The number of nitrogens with zero attached hydrogens (tertiary/aromatic N) is 1. The van der Waals surface area contributed by atoms with Crippen LogP contribution >= 0.6 is 15.9 Å². The molecule has 3 aromatic rings. The molecule has 1 aromatic heterocycles. The summed E-state index contributed by atoms with van der Waals surface area (Å²) in [7, 11) is 0. The van der Waals surface area contributed by atoms with Crippen molar-refractivity contribution in [1.29, 1.82) is 0 Å². The highest BCUT2D eigenvalue weighted by molar-refractivity contribution is 9.10. The predicted octanol–water partition coefficient (Wildman–Crippen LogP) is 4.80. The molecule has 0 aliphatic heterocycles. The Morgan fingerprint density at radius 3 is 2.44 bits per heavy atom. The number of benzene rings is 2. The third kappa shape index (κ3) is 2.02. The first kappa shape index (κ1) is 11.4. The molecule has 0 fully saturated rings. The van der Waals surface area contributed by atoms with Crippen molar-refractivity contribution in [3.63, 3.8) is 0 Å². The van der Waals surface area contributed by atoms with Crippen molar-refractivity contribution in [1.82, 2.24) is 4.98 Å². The van der Waals surface area contributed by atoms with Gasteiger partial charge in [0.1, 0.15) is 5.82 Å². The molecule has 0 unspecified atom stereocenters. The SMILES string of the molecule is Fc1ccc(-c2nc3ccccc3cc2Br)cc1. The zero-order valence-corrected chi connectivity index (χ0v) is 11.0. The second-order valence-electron chi connectivity index (χ2n) is 4.02. The molecule has 0 atom stereocenters. The normalized spacial score (nSPS) is 10.8. The molecule has 1 heterocycles.